The van der Waals surface area contributed by atoms with E-state index in [4.69, 9.17) is 9.15 Å². The van der Waals surface area contributed by atoms with Crippen molar-refractivity contribution in [1.29, 1.82) is 0 Å². The first-order valence-electron chi connectivity index (χ1n) is 6.50. The van der Waals surface area contributed by atoms with Crippen molar-refractivity contribution in [3.05, 3.63) is 41.3 Å². The number of carbonyl (C=O) groups excluding carboxylic acids is 1. The molecule has 0 atom stereocenters. The monoisotopic (exact) mass is 256 g/mol. The van der Waals surface area contributed by atoms with E-state index in [1.54, 1.807) is 7.11 Å². The van der Waals surface area contributed by atoms with E-state index in [9.17, 15) is 4.79 Å². The van der Waals surface area contributed by atoms with E-state index in [1.165, 1.54) is 0 Å². The Morgan fingerprint density at radius 2 is 1.89 bits per heavy atom. The number of hydrogen-bond acceptors (Lipinski definition) is 3. The van der Waals surface area contributed by atoms with Gasteiger partial charge < -0.3 is 9.15 Å². The van der Waals surface area contributed by atoms with Gasteiger partial charge in [-0.15, -0.1) is 0 Å². The van der Waals surface area contributed by atoms with Crippen molar-refractivity contribution in [2.75, 3.05) is 7.11 Å². The summed E-state index contributed by atoms with van der Waals surface area (Å²) in [6.45, 7) is 1.92. The number of fused-ring (bicyclic) bond motifs is 1. The molecule has 0 unspecified atom stereocenters. The van der Waals surface area contributed by atoms with E-state index >= 15 is 0 Å². The van der Waals surface area contributed by atoms with Crippen LogP contribution in [0.1, 0.15) is 34.7 Å². The predicted octanol–water partition coefficient (Wildman–Crippen LogP) is 3.78. The van der Waals surface area contributed by atoms with Gasteiger partial charge in [-0.05, 0) is 37.5 Å². The molecule has 1 aromatic heterocycles. The second-order valence-electron chi connectivity index (χ2n) is 4.85. The fraction of sp³-hybridized carbons (Fsp3) is 0.312. The minimum absolute atomic E-state index is 0.129. The molecule has 0 bridgehead atoms. The van der Waals surface area contributed by atoms with Crippen LogP contribution in [0.3, 0.4) is 0 Å². The minimum atomic E-state index is 0.129. The molecule has 0 saturated heterocycles. The first-order valence-corrected chi connectivity index (χ1v) is 6.50. The summed E-state index contributed by atoms with van der Waals surface area (Å²) in [5, 5.41) is 0. The van der Waals surface area contributed by atoms with Crippen LogP contribution in [0.15, 0.2) is 28.7 Å². The summed E-state index contributed by atoms with van der Waals surface area (Å²) in [6.07, 6.45) is 2.43. The fourth-order valence-electron chi connectivity index (χ4n) is 2.73. The average Bonchev–Trinajstić information content (AvgIpc) is 2.77. The molecule has 1 heterocycles. The second kappa shape index (κ2) is 4.57. The summed E-state index contributed by atoms with van der Waals surface area (Å²) in [6, 6.07) is 7.88. The summed E-state index contributed by atoms with van der Waals surface area (Å²) in [5.41, 5.74) is 3.22. The summed E-state index contributed by atoms with van der Waals surface area (Å²) < 4.78 is 10.8. The molecule has 2 aromatic rings. The van der Waals surface area contributed by atoms with Gasteiger partial charge in [-0.3, -0.25) is 4.79 Å². The number of carbonyl (C=O) groups is 1. The quantitative estimate of drug-likeness (QED) is 0.820. The van der Waals surface area contributed by atoms with Crippen molar-refractivity contribution in [2.24, 2.45) is 0 Å². The van der Waals surface area contributed by atoms with Crippen LogP contribution in [-0.4, -0.2) is 12.9 Å². The van der Waals surface area contributed by atoms with Crippen LogP contribution in [0.5, 0.6) is 5.75 Å². The highest BCUT2D eigenvalue weighted by Crippen LogP contribution is 2.37. The number of ether oxygens (including phenoxy) is 1. The molecule has 3 rings (SSSR count). The van der Waals surface area contributed by atoms with Crippen LogP contribution in [-0.2, 0) is 6.42 Å². The maximum absolute atomic E-state index is 11.9. The Kier molecular flexibility index (Phi) is 2.90. The molecule has 0 amide bonds. The lowest BCUT2D eigenvalue weighted by molar-refractivity contribution is 0.0942. The van der Waals surface area contributed by atoms with Gasteiger partial charge in [0.25, 0.3) is 0 Å². The van der Waals surface area contributed by atoms with Gasteiger partial charge in [0.2, 0.25) is 0 Å². The van der Waals surface area contributed by atoms with E-state index in [2.05, 4.69) is 0 Å². The summed E-state index contributed by atoms with van der Waals surface area (Å²) >= 11 is 0. The number of ketones is 1. The Morgan fingerprint density at radius 3 is 2.58 bits per heavy atom. The van der Waals surface area contributed by atoms with Crippen molar-refractivity contribution in [2.45, 2.75) is 26.2 Å². The standard InChI is InChI=1S/C16H16O3/c1-10-15(11-6-8-12(18-2)9-7-11)13-4-3-5-14(17)16(13)19-10/h6-9H,3-5H2,1-2H3. The Balaban J connectivity index is 2.11. The lowest BCUT2D eigenvalue weighted by Crippen LogP contribution is -2.08. The van der Waals surface area contributed by atoms with Crippen molar-refractivity contribution < 1.29 is 13.9 Å². The van der Waals surface area contributed by atoms with Crippen LogP contribution >= 0.6 is 0 Å². The molecular formula is C16H16O3. The highest BCUT2D eigenvalue weighted by atomic mass is 16.5. The van der Waals surface area contributed by atoms with Gasteiger partial charge >= 0.3 is 0 Å². The zero-order valence-electron chi connectivity index (χ0n) is 11.2. The fourth-order valence-corrected chi connectivity index (χ4v) is 2.73. The van der Waals surface area contributed by atoms with E-state index in [1.807, 2.05) is 31.2 Å². The van der Waals surface area contributed by atoms with Crippen LogP contribution in [0.4, 0.5) is 0 Å². The lowest BCUT2D eigenvalue weighted by atomic mass is 9.91. The zero-order chi connectivity index (χ0) is 13.4. The Hall–Kier alpha value is -2.03. The summed E-state index contributed by atoms with van der Waals surface area (Å²) in [7, 11) is 1.65. The van der Waals surface area contributed by atoms with Gasteiger partial charge in [0.1, 0.15) is 11.5 Å². The van der Waals surface area contributed by atoms with Crippen molar-refractivity contribution in [1.82, 2.24) is 0 Å². The maximum atomic E-state index is 11.9. The van der Waals surface area contributed by atoms with Gasteiger partial charge in [-0.1, -0.05) is 12.1 Å². The summed E-state index contributed by atoms with van der Waals surface area (Å²) in [5.74, 6) is 2.35. The molecule has 1 aromatic carbocycles. The number of benzene rings is 1. The van der Waals surface area contributed by atoms with Gasteiger partial charge in [0, 0.05) is 17.5 Å². The smallest absolute Gasteiger partial charge is 0.198 e. The number of hydrogen-bond donors (Lipinski definition) is 0. The third kappa shape index (κ3) is 1.95. The van der Waals surface area contributed by atoms with Crippen molar-refractivity contribution in [3.8, 4) is 16.9 Å². The highest BCUT2D eigenvalue weighted by molar-refractivity contribution is 5.98. The van der Waals surface area contributed by atoms with Crippen LogP contribution in [0.25, 0.3) is 11.1 Å². The Morgan fingerprint density at radius 1 is 1.16 bits per heavy atom. The molecular weight excluding hydrogens is 240 g/mol. The molecule has 3 heteroatoms. The Bertz CT molecular complexity index is 620. The van der Waals surface area contributed by atoms with Crippen LogP contribution in [0, 0.1) is 6.92 Å². The molecule has 0 N–H and O–H groups in total. The molecule has 0 radical (unpaired) electrons. The molecule has 0 spiro atoms. The molecule has 98 valence electrons. The normalized spacial score (nSPS) is 14.3. The molecule has 19 heavy (non-hydrogen) atoms. The first-order chi connectivity index (χ1) is 9.20. The summed E-state index contributed by atoms with van der Waals surface area (Å²) in [4.78, 5) is 11.9. The van der Waals surface area contributed by atoms with E-state index in [0.29, 0.717) is 12.2 Å². The van der Waals surface area contributed by atoms with E-state index < -0.39 is 0 Å². The van der Waals surface area contributed by atoms with Gasteiger partial charge in [0.05, 0.1) is 7.11 Å². The molecule has 1 aliphatic carbocycles. The highest BCUT2D eigenvalue weighted by Gasteiger charge is 2.26. The van der Waals surface area contributed by atoms with Gasteiger partial charge in [-0.2, -0.15) is 0 Å². The van der Waals surface area contributed by atoms with Crippen LogP contribution in [0.2, 0.25) is 0 Å². The predicted molar refractivity (Wildman–Crippen MR) is 72.7 cm³/mol. The van der Waals surface area contributed by atoms with E-state index in [-0.39, 0.29) is 5.78 Å². The third-order valence-electron chi connectivity index (χ3n) is 3.65. The number of rotatable bonds is 2. The number of Topliss-reactive ketones (excluding diaryl/α,β-unsaturated/α-hetero) is 1. The maximum Gasteiger partial charge on any atom is 0.198 e. The number of furan rings is 1. The largest absolute Gasteiger partial charge is 0.497 e. The molecule has 3 nitrogen and oxygen atoms in total. The zero-order valence-corrected chi connectivity index (χ0v) is 11.2. The average molecular weight is 256 g/mol. The number of aryl methyl sites for hydroxylation is 1. The number of methoxy groups -OCH3 is 1. The van der Waals surface area contributed by atoms with Gasteiger partial charge in [-0.25, -0.2) is 0 Å². The molecule has 0 aliphatic heterocycles. The first kappa shape index (κ1) is 12.0. The molecule has 0 fully saturated rings. The topological polar surface area (TPSA) is 39.4 Å². The molecule has 0 saturated carbocycles. The molecule has 1 aliphatic rings. The minimum Gasteiger partial charge on any atom is -0.497 e. The van der Waals surface area contributed by atoms with Crippen molar-refractivity contribution >= 4 is 5.78 Å². The second-order valence-corrected chi connectivity index (χ2v) is 4.85. The third-order valence-corrected chi connectivity index (χ3v) is 3.65. The lowest BCUT2D eigenvalue weighted by Gasteiger charge is -2.10. The Labute approximate surface area is 112 Å². The van der Waals surface area contributed by atoms with Crippen LogP contribution < -0.4 is 4.74 Å². The van der Waals surface area contributed by atoms with Gasteiger partial charge in [0.15, 0.2) is 11.5 Å². The van der Waals surface area contributed by atoms with E-state index in [0.717, 1.165) is 41.0 Å². The SMILES string of the molecule is COc1ccc(-c2c(C)oc3c2CCCC3=O)cc1. The van der Waals surface area contributed by atoms with Crippen molar-refractivity contribution in [3.63, 3.8) is 0 Å².